The topological polar surface area (TPSA) is 12.4 Å². The molecule has 0 bridgehead atoms. The maximum absolute atomic E-state index is 4.17. The van der Waals surface area contributed by atoms with Gasteiger partial charge in [0, 0.05) is 12.8 Å². The molecule has 0 N–H and O–H groups in total. The molecule has 0 aliphatic rings. The monoisotopic (exact) mass is 191 g/mol. The predicted octanol–water partition coefficient (Wildman–Crippen LogP) is 3.94. The number of aliphatic imine (C=N–C) groups is 1. The van der Waals surface area contributed by atoms with Gasteiger partial charge in [-0.3, -0.25) is 4.99 Å². The maximum atomic E-state index is 4.17. The molecule has 0 heterocycles. The summed E-state index contributed by atoms with van der Waals surface area (Å²) < 4.78 is 0. The summed E-state index contributed by atoms with van der Waals surface area (Å²) in [5, 5.41) is 0. The number of hydrogen-bond acceptors (Lipinski definition) is 1. The summed E-state index contributed by atoms with van der Waals surface area (Å²) in [7, 11) is 1.82. The summed E-state index contributed by atoms with van der Waals surface area (Å²) in [5.41, 5.74) is 5.86. The maximum Gasteiger partial charge on any atom is 0.0345 e. The average molecular weight is 191 g/mol. The molecule has 0 spiro atoms. The zero-order valence-corrected chi connectivity index (χ0v) is 10.2. The van der Waals surface area contributed by atoms with Crippen molar-refractivity contribution in [1.82, 2.24) is 0 Å². The van der Waals surface area contributed by atoms with E-state index in [4.69, 9.17) is 0 Å². The van der Waals surface area contributed by atoms with E-state index in [1.54, 1.807) is 0 Å². The van der Waals surface area contributed by atoms with Crippen molar-refractivity contribution in [3.05, 3.63) is 34.9 Å². The normalized spacial score (nSPS) is 13.4. The first-order chi connectivity index (χ1) is 6.40. The molecule has 1 heteroatoms. The van der Waals surface area contributed by atoms with Crippen LogP contribution in [0.3, 0.4) is 0 Å². The lowest BCUT2D eigenvalue weighted by atomic mass is 9.99. The van der Waals surface area contributed by atoms with Crippen LogP contribution in [0.1, 0.15) is 34.6 Å². The van der Waals surface area contributed by atoms with E-state index in [9.17, 15) is 0 Å². The fourth-order valence-electron chi connectivity index (χ4n) is 1.14. The van der Waals surface area contributed by atoms with Crippen LogP contribution < -0.4 is 0 Å². The van der Waals surface area contributed by atoms with Crippen LogP contribution in [-0.2, 0) is 0 Å². The van der Waals surface area contributed by atoms with Crippen molar-refractivity contribution in [1.29, 1.82) is 0 Å². The van der Waals surface area contributed by atoms with Crippen molar-refractivity contribution in [3.63, 3.8) is 0 Å². The Balaban J connectivity index is 5.03. The molecule has 0 amide bonds. The second-order valence-corrected chi connectivity index (χ2v) is 3.81. The Bertz CT molecular complexity index is 310. The van der Waals surface area contributed by atoms with Gasteiger partial charge in [0.1, 0.15) is 0 Å². The van der Waals surface area contributed by atoms with E-state index < -0.39 is 0 Å². The van der Waals surface area contributed by atoms with Crippen molar-refractivity contribution in [2.24, 2.45) is 4.99 Å². The molecule has 0 aliphatic carbocycles. The van der Waals surface area contributed by atoms with Crippen LogP contribution in [0.15, 0.2) is 39.9 Å². The lowest BCUT2D eigenvalue weighted by Gasteiger charge is -2.07. The molecule has 1 nitrogen and oxygen atoms in total. The summed E-state index contributed by atoms with van der Waals surface area (Å²) in [4.78, 5) is 4.17. The van der Waals surface area contributed by atoms with Crippen LogP contribution >= 0.6 is 0 Å². The second-order valence-electron chi connectivity index (χ2n) is 3.81. The van der Waals surface area contributed by atoms with Gasteiger partial charge in [-0.15, -0.1) is 0 Å². The highest BCUT2D eigenvalue weighted by molar-refractivity contribution is 5.98. The summed E-state index contributed by atoms with van der Waals surface area (Å²) in [6.07, 6.45) is 2.10. The van der Waals surface area contributed by atoms with E-state index in [2.05, 4.69) is 45.3 Å². The van der Waals surface area contributed by atoms with Gasteiger partial charge in [-0.25, -0.2) is 0 Å². The fourth-order valence-corrected chi connectivity index (χ4v) is 1.14. The minimum Gasteiger partial charge on any atom is -0.293 e. The smallest absolute Gasteiger partial charge is 0.0345 e. The summed E-state index contributed by atoms with van der Waals surface area (Å²) in [5.74, 6) is 0. The Hall–Kier alpha value is -1.11. The third kappa shape index (κ3) is 3.73. The highest BCUT2D eigenvalue weighted by atomic mass is 14.7. The fraction of sp³-hybridized carbons (Fsp3) is 0.462. The Morgan fingerprint density at radius 3 is 1.86 bits per heavy atom. The molecule has 0 atom stereocenters. The summed E-state index contributed by atoms with van der Waals surface area (Å²) >= 11 is 0. The number of hydrogen-bond donors (Lipinski definition) is 0. The number of allylic oxidation sites excluding steroid dienone is 5. The lowest BCUT2D eigenvalue weighted by molar-refractivity contribution is 1.29. The second kappa shape index (κ2) is 5.58. The van der Waals surface area contributed by atoms with E-state index in [1.807, 2.05) is 14.0 Å². The van der Waals surface area contributed by atoms with Gasteiger partial charge in [0.15, 0.2) is 0 Å². The molecular weight excluding hydrogens is 170 g/mol. The Morgan fingerprint density at radius 2 is 1.50 bits per heavy atom. The first-order valence-corrected chi connectivity index (χ1v) is 4.85. The van der Waals surface area contributed by atoms with Crippen molar-refractivity contribution in [2.75, 3.05) is 7.05 Å². The van der Waals surface area contributed by atoms with E-state index in [0.717, 1.165) is 11.3 Å². The van der Waals surface area contributed by atoms with Crippen molar-refractivity contribution in [2.45, 2.75) is 34.6 Å². The van der Waals surface area contributed by atoms with Crippen molar-refractivity contribution in [3.8, 4) is 0 Å². The van der Waals surface area contributed by atoms with Crippen LogP contribution in [0, 0.1) is 0 Å². The van der Waals surface area contributed by atoms with Gasteiger partial charge in [0.25, 0.3) is 0 Å². The molecule has 0 saturated carbocycles. The summed E-state index contributed by atoms with van der Waals surface area (Å²) in [6.45, 7) is 14.4. The third-order valence-electron chi connectivity index (χ3n) is 2.39. The highest BCUT2D eigenvalue weighted by Crippen LogP contribution is 2.16. The van der Waals surface area contributed by atoms with E-state index >= 15 is 0 Å². The molecule has 0 fully saturated rings. The van der Waals surface area contributed by atoms with Gasteiger partial charge in [-0.2, -0.15) is 0 Å². The minimum atomic E-state index is 1.07. The largest absolute Gasteiger partial charge is 0.293 e. The van der Waals surface area contributed by atoms with Gasteiger partial charge in [0.2, 0.25) is 0 Å². The van der Waals surface area contributed by atoms with E-state index in [1.165, 1.54) is 16.7 Å². The van der Waals surface area contributed by atoms with E-state index in [-0.39, 0.29) is 0 Å². The number of rotatable bonds is 3. The number of nitrogens with zero attached hydrogens (tertiary/aromatic N) is 1. The first-order valence-electron chi connectivity index (χ1n) is 4.85. The first kappa shape index (κ1) is 12.9. The van der Waals surface area contributed by atoms with Crippen molar-refractivity contribution < 1.29 is 0 Å². The Labute approximate surface area is 87.9 Å². The molecular formula is C13H21N. The average Bonchev–Trinajstić information content (AvgIpc) is 2.13. The molecule has 0 unspecified atom stereocenters. The summed E-state index contributed by atoms with van der Waals surface area (Å²) in [6, 6.07) is 0. The van der Waals surface area contributed by atoms with Crippen LogP contribution in [0.25, 0.3) is 0 Å². The van der Waals surface area contributed by atoms with Crippen LogP contribution in [0.4, 0.5) is 0 Å². The van der Waals surface area contributed by atoms with Gasteiger partial charge < -0.3 is 0 Å². The molecule has 0 rings (SSSR count). The molecule has 0 aromatic heterocycles. The zero-order valence-electron chi connectivity index (χ0n) is 10.2. The Morgan fingerprint density at radius 1 is 1.00 bits per heavy atom. The molecule has 0 aliphatic heterocycles. The molecule has 0 radical (unpaired) electrons. The lowest BCUT2D eigenvalue weighted by Crippen LogP contribution is -1.97. The van der Waals surface area contributed by atoms with Gasteiger partial charge in [-0.1, -0.05) is 18.2 Å². The molecule has 14 heavy (non-hydrogen) atoms. The molecule has 0 aromatic carbocycles. The zero-order chi connectivity index (χ0) is 11.3. The van der Waals surface area contributed by atoms with Gasteiger partial charge in [-0.05, 0) is 51.3 Å². The van der Waals surface area contributed by atoms with Gasteiger partial charge in [0.05, 0.1) is 0 Å². The van der Waals surface area contributed by atoms with E-state index in [0.29, 0.717) is 0 Å². The van der Waals surface area contributed by atoms with Crippen molar-refractivity contribution >= 4 is 5.71 Å². The molecule has 0 aromatic rings. The predicted molar refractivity (Wildman–Crippen MR) is 66.0 cm³/mol. The highest BCUT2D eigenvalue weighted by Gasteiger charge is 2.01. The third-order valence-corrected chi connectivity index (χ3v) is 2.39. The van der Waals surface area contributed by atoms with Crippen LogP contribution in [0.2, 0.25) is 0 Å². The standard InChI is InChI=1S/C13H21N/c1-9(2)8-10(3)11(4)12(5)13(6)14-7/h8H,3H2,1-2,4-7H3/b12-11-,14-13?. The molecule has 78 valence electrons. The quantitative estimate of drug-likeness (QED) is 0.473. The SMILES string of the molecule is C=C(C=C(C)C)/C(C)=C(/C)C(C)=NC. The van der Waals surface area contributed by atoms with Crippen LogP contribution in [-0.4, -0.2) is 12.8 Å². The van der Waals surface area contributed by atoms with Crippen LogP contribution in [0.5, 0.6) is 0 Å². The Kier molecular flexibility index (Phi) is 5.14. The minimum absolute atomic E-state index is 1.07. The molecule has 0 saturated heterocycles. The van der Waals surface area contributed by atoms with Gasteiger partial charge >= 0.3 is 0 Å².